The van der Waals surface area contributed by atoms with Crippen LogP contribution in [0.5, 0.6) is 17.2 Å². The molecule has 3 N–H and O–H groups in total. The van der Waals surface area contributed by atoms with Gasteiger partial charge in [0, 0.05) is 17.7 Å². The van der Waals surface area contributed by atoms with Gasteiger partial charge < -0.3 is 25.2 Å². The van der Waals surface area contributed by atoms with Crippen LogP contribution in [0.15, 0.2) is 78.0 Å². The predicted octanol–water partition coefficient (Wildman–Crippen LogP) is 5.78. The summed E-state index contributed by atoms with van der Waals surface area (Å²) >= 11 is 0. The number of ether oxygens (including phenoxy) is 2. The lowest BCUT2D eigenvalue weighted by atomic mass is 9.78. The number of carbonyl (C=O) groups excluding carboxylic acids is 1. The Labute approximate surface area is 199 Å². The molecule has 174 valence electrons. The molecule has 1 aliphatic heterocycles. The van der Waals surface area contributed by atoms with Gasteiger partial charge in [0.2, 0.25) is 0 Å². The van der Waals surface area contributed by atoms with Crippen LogP contribution in [0, 0.1) is 0 Å². The first kappa shape index (κ1) is 21.9. The molecule has 0 saturated heterocycles. The quantitative estimate of drug-likeness (QED) is 0.452. The van der Waals surface area contributed by atoms with Crippen LogP contribution in [0.4, 0.5) is 11.4 Å². The molecule has 6 heteroatoms. The number of ketones is 1. The van der Waals surface area contributed by atoms with Crippen molar-refractivity contribution in [1.82, 2.24) is 0 Å². The Bertz CT molecular complexity index is 1270. The second-order valence-corrected chi connectivity index (χ2v) is 8.61. The summed E-state index contributed by atoms with van der Waals surface area (Å²) in [6.07, 6.45) is 1.12. The van der Waals surface area contributed by atoms with Gasteiger partial charge in [-0.15, -0.1) is 0 Å². The molecular weight excluding hydrogens is 428 g/mol. The average molecular weight is 457 g/mol. The van der Waals surface area contributed by atoms with Crippen LogP contribution >= 0.6 is 0 Å². The molecule has 0 fully saturated rings. The van der Waals surface area contributed by atoms with Crippen molar-refractivity contribution >= 4 is 17.2 Å². The zero-order valence-electron chi connectivity index (χ0n) is 19.3. The molecule has 0 aromatic heterocycles. The number of allylic oxidation sites excluding steroid dienone is 1. The summed E-state index contributed by atoms with van der Waals surface area (Å²) in [6, 6.07) is 20.8. The maximum Gasteiger partial charge on any atom is 0.163 e. The number of aromatic hydroxyl groups is 1. The normalized spacial score (nSPS) is 19.3. The molecule has 0 spiro atoms. The van der Waals surface area contributed by atoms with Crippen LogP contribution in [-0.2, 0) is 4.79 Å². The van der Waals surface area contributed by atoms with E-state index in [9.17, 15) is 9.90 Å². The van der Waals surface area contributed by atoms with Crippen LogP contribution in [0.25, 0.3) is 0 Å². The van der Waals surface area contributed by atoms with Crippen LogP contribution in [0.1, 0.15) is 42.9 Å². The first-order valence-corrected chi connectivity index (χ1v) is 11.6. The fourth-order valence-electron chi connectivity index (χ4n) is 4.85. The van der Waals surface area contributed by atoms with Gasteiger partial charge in [0.25, 0.3) is 0 Å². The first-order chi connectivity index (χ1) is 16.6. The minimum Gasteiger partial charge on any atom is -0.504 e. The number of para-hydroxylation sites is 2. The van der Waals surface area contributed by atoms with Crippen LogP contribution in [0.3, 0.4) is 0 Å². The second-order valence-electron chi connectivity index (χ2n) is 8.61. The van der Waals surface area contributed by atoms with Gasteiger partial charge in [0.05, 0.1) is 31.1 Å². The Morgan fingerprint density at radius 2 is 1.79 bits per heavy atom. The minimum atomic E-state index is -0.371. The highest BCUT2D eigenvalue weighted by Crippen LogP contribution is 2.45. The van der Waals surface area contributed by atoms with Crippen molar-refractivity contribution in [3.63, 3.8) is 0 Å². The van der Waals surface area contributed by atoms with E-state index in [1.54, 1.807) is 13.2 Å². The fourth-order valence-corrected chi connectivity index (χ4v) is 4.85. The molecule has 2 atom stereocenters. The number of benzene rings is 3. The third-order valence-electron chi connectivity index (χ3n) is 6.49. The molecular formula is C28H28N2O4. The highest BCUT2D eigenvalue weighted by Gasteiger charge is 2.36. The molecule has 5 rings (SSSR count). The second kappa shape index (κ2) is 9.14. The lowest BCUT2D eigenvalue weighted by Gasteiger charge is -2.30. The summed E-state index contributed by atoms with van der Waals surface area (Å²) < 4.78 is 11.0. The highest BCUT2D eigenvalue weighted by atomic mass is 16.5. The van der Waals surface area contributed by atoms with Crippen molar-refractivity contribution in [3.8, 4) is 17.2 Å². The SMILES string of the molecule is CCOc1cc(C2Nc3ccccc3NC3=C2C(=O)CC(c2cccc(OC)c2)C3)ccc1O. The number of nitrogens with one attached hydrogen (secondary N) is 2. The number of hydrogen-bond acceptors (Lipinski definition) is 6. The minimum absolute atomic E-state index is 0.0542. The van der Waals surface area contributed by atoms with Crippen molar-refractivity contribution in [3.05, 3.63) is 89.1 Å². The average Bonchev–Trinajstić information content (AvgIpc) is 3.02. The smallest absolute Gasteiger partial charge is 0.163 e. The molecule has 1 aliphatic carbocycles. The van der Waals surface area contributed by atoms with Crippen molar-refractivity contribution in [1.29, 1.82) is 0 Å². The Balaban J connectivity index is 1.60. The van der Waals surface area contributed by atoms with Gasteiger partial charge in [-0.05, 0) is 66.8 Å². The van der Waals surface area contributed by atoms with E-state index in [2.05, 4.69) is 16.7 Å². The summed E-state index contributed by atoms with van der Waals surface area (Å²) in [7, 11) is 1.65. The number of methoxy groups -OCH3 is 1. The molecule has 1 heterocycles. The van der Waals surface area contributed by atoms with E-state index in [0.29, 0.717) is 25.2 Å². The first-order valence-electron chi connectivity index (χ1n) is 11.6. The van der Waals surface area contributed by atoms with Crippen LogP contribution in [0.2, 0.25) is 0 Å². The Kier molecular flexibility index (Phi) is 5.88. The molecule has 0 saturated carbocycles. The largest absolute Gasteiger partial charge is 0.504 e. The number of anilines is 2. The molecule has 2 unspecified atom stereocenters. The third-order valence-corrected chi connectivity index (χ3v) is 6.49. The molecule has 3 aromatic rings. The van der Waals surface area contributed by atoms with E-state index in [0.717, 1.165) is 39.5 Å². The maximum atomic E-state index is 13.7. The van der Waals surface area contributed by atoms with Gasteiger partial charge >= 0.3 is 0 Å². The Morgan fingerprint density at radius 1 is 0.971 bits per heavy atom. The van der Waals surface area contributed by atoms with E-state index in [1.165, 1.54) is 0 Å². The topological polar surface area (TPSA) is 79.8 Å². The predicted molar refractivity (Wildman–Crippen MR) is 133 cm³/mol. The maximum absolute atomic E-state index is 13.7. The number of phenols is 1. The lowest BCUT2D eigenvalue weighted by molar-refractivity contribution is -0.116. The van der Waals surface area contributed by atoms with Gasteiger partial charge in [0.15, 0.2) is 17.3 Å². The summed E-state index contributed by atoms with van der Waals surface area (Å²) in [5.41, 5.74) is 5.44. The van der Waals surface area contributed by atoms with Crippen molar-refractivity contribution in [2.75, 3.05) is 24.4 Å². The number of rotatable bonds is 5. The van der Waals surface area contributed by atoms with Gasteiger partial charge in [-0.3, -0.25) is 4.79 Å². The number of carbonyl (C=O) groups is 1. The Hall–Kier alpha value is -3.93. The summed E-state index contributed by atoms with van der Waals surface area (Å²) in [5.74, 6) is 1.43. The molecule has 0 bridgehead atoms. The fraction of sp³-hybridized carbons (Fsp3) is 0.250. The monoisotopic (exact) mass is 456 g/mol. The zero-order valence-corrected chi connectivity index (χ0v) is 19.3. The standard InChI is InChI=1S/C28H28N2O4/c1-3-34-26-16-18(11-12-24(26)31)28-27-23(29-21-9-4-5-10-22(21)30-28)14-19(15-25(27)32)17-7-6-8-20(13-17)33-2/h4-13,16,19,28-31H,3,14-15H2,1-2H3. The molecule has 2 aliphatic rings. The van der Waals surface area contributed by atoms with Crippen molar-refractivity contribution in [2.24, 2.45) is 0 Å². The van der Waals surface area contributed by atoms with E-state index in [4.69, 9.17) is 9.47 Å². The van der Waals surface area contributed by atoms with Gasteiger partial charge in [0.1, 0.15) is 5.75 Å². The number of phenolic OH excluding ortho intramolecular Hbond substituents is 1. The van der Waals surface area contributed by atoms with Gasteiger partial charge in [-0.1, -0.05) is 30.3 Å². The highest BCUT2D eigenvalue weighted by molar-refractivity contribution is 6.01. The van der Waals surface area contributed by atoms with Crippen LogP contribution in [-0.4, -0.2) is 24.6 Å². The zero-order chi connectivity index (χ0) is 23.7. The lowest BCUT2D eigenvalue weighted by Crippen LogP contribution is -2.26. The van der Waals surface area contributed by atoms with E-state index >= 15 is 0 Å². The molecule has 0 amide bonds. The van der Waals surface area contributed by atoms with Gasteiger partial charge in [-0.25, -0.2) is 0 Å². The Morgan fingerprint density at radius 3 is 2.59 bits per heavy atom. The van der Waals surface area contributed by atoms with Crippen LogP contribution < -0.4 is 20.1 Å². The van der Waals surface area contributed by atoms with Gasteiger partial charge in [-0.2, -0.15) is 0 Å². The number of fused-ring (bicyclic) bond motifs is 1. The summed E-state index contributed by atoms with van der Waals surface area (Å²) in [6.45, 7) is 2.31. The molecule has 0 radical (unpaired) electrons. The molecule has 6 nitrogen and oxygen atoms in total. The number of hydrogen-bond donors (Lipinski definition) is 3. The van der Waals surface area contributed by atoms with E-state index < -0.39 is 0 Å². The van der Waals surface area contributed by atoms with Crippen molar-refractivity contribution in [2.45, 2.75) is 31.7 Å². The van der Waals surface area contributed by atoms with E-state index in [-0.39, 0.29) is 23.5 Å². The van der Waals surface area contributed by atoms with Crippen molar-refractivity contribution < 1.29 is 19.4 Å². The van der Waals surface area contributed by atoms with E-state index in [1.807, 2.05) is 61.5 Å². The number of Topliss-reactive ketones (excluding diaryl/α,β-unsaturated/α-hetero) is 1. The summed E-state index contributed by atoms with van der Waals surface area (Å²) in [4.78, 5) is 13.7. The summed E-state index contributed by atoms with van der Waals surface area (Å²) in [5, 5.41) is 17.3. The molecule has 3 aromatic carbocycles. The molecule has 34 heavy (non-hydrogen) atoms. The third kappa shape index (κ3) is 4.07.